The third kappa shape index (κ3) is 4.06. The number of primary amides is 1. The number of nitrogens with one attached hydrogen (secondary N) is 1. The molecule has 0 spiro atoms. The average molecular weight is 248 g/mol. The van der Waals surface area contributed by atoms with Crippen LogP contribution in [0.5, 0.6) is 0 Å². The normalized spacial score (nSPS) is 14.3. The van der Waals surface area contributed by atoms with Crippen LogP contribution in [0.25, 0.3) is 0 Å². The number of rotatable bonds is 6. The second-order valence-electron chi connectivity index (χ2n) is 5.62. The van der Waals surface area contributed by atoms with Gasteiger partial charge in [-0.05, 0) is 50.3 Å². The first-order valence-corrected chi connectivity index (χ1v) is 6.48. The van der Waals surface area contributed by atoms with Gasteiger partial charge >= 0.3 is 0 Å². The SMILES string of the molecule is Cc1cccc(NC(C)(CCC(C)C)C(N)=O)c1. The van der Waals surface area contributed by atoms with Crippen molar-refractivity contribution in [3.8, 4) is 0 Å². The molecule has 1 aromatic carbocycles. The van der Waals surface area contributed by atoms with Crippen molar-refractivity contribution in [2.24, 2.45) is 11.7 Å². The number of hydrogen-bond donors (Lipinski definition) is 2. The van der Waals surface area contributed by atoms with E-state index >= 15 is 0 Å². The monoisotopic (exact) mass is 248 g/mol. The Morgan fingerprint density at radius 3 is 2.61 bits per heavy atom. The molecule has 1 aromatic rings. The molecule has 1 unspecified atom stereocenters. The number of carbonyl (C=O) groups is 1. The van der Waals surface area contributed by atoms with E-state index in [-0.39, 0.29) is 5.91 Å². The third-order valence-electron chi connectivity index (χ3n) is 3.20. The first-order valence-electron chi connectivity index (χ1n) is 6.48. The van der Waals surface area contributed by atoms with Gasteiger partial charge in [-0.15, -0.1) is 0 Å². The van der Waals surface area contributed by atoms with E-state index in [0.717, 1.165) is 24.1 Å². The number of benzene rings is 1. The summed E-state index contributed by atoms with van der Waals surface area (Å²) < 4.78 is 0. The smallest absolute Gasteiger partial charge is 0.242 e. The summed E-state index contributed by atoms with van der Waals surface area (Å²) in [7, 11) is 0. The summed E-state index contributed by atoms with van der Waals surface area (Å²) >= 11 is 0. The van der Waals surface area contributed by atoms with Crippen molar-refractivity contribution in [2.75, 3.05) is 5.32 Å². The molecule has 0 radical (unpaired) electrons. The van der Waals surface area contributed by atoms with Crippen molar-refractivity contribution in [3.63, 3.8) is 0 Å². The summed E-state index contributed by atoms with van der Waals surface area (Å²) in [5, 5.41) is 3.28. The zero-order chi connectivity index (χ0) is 13.8. The Morgan fingerprint density at radius 1 is 1.44 bits per heavy atom. The Labute approximate surface area is 110 Å². The van der Waals surface area contributed by atoms with Gasteiger partial charge in [0.15, 0.2) is 0 Å². The molecule has 0 fully saturated rings. The fourth-order valence-corrected chi connectivity index (χ4v) is 1.87. The van der Waals surface area contributed by atoms with Gasteiger partial charge in [-0.1, -0.05) is 26.0 Å². The highest BCUT2D eigenvalue weighted by Gasteiger charge is 2.30. The summed E-state index contributed by atoms with van der Waals surface area (Å²) in [6.45, 7) is 8.20. The maximum atomic E-state index is 11.7. The van der Waals surface area contributed by atoms with Gasteiger partial charge in [0.25, 0.3) is 0 Å². The van der Waals surface area contributed by atoms with E-state index in [4.69, 9.17) is 5.73 Å². The molecule has 0 aromatic heterocycles. The topological polar surface area (TPSA) is 55.1 Å². The predicted molar refractivity (Wildman–Crippen MR) is 76.5 cm³/mol. The van der Waals surface area contributed by atoms with Gasteiger partial charge < -0.3 is 11.1 Å². The van der Waals surface area contributed by atoms with Crippen LogP contribution in [0.1, 0.15) is 39.2 Å². The van der Waals surface area contributed by atoms with Crippen molar-refractivity contribution in [2.45, 2.75) is 46.1 Å². The van der Waals surface area contributed by atoms with Crippen LogP contribution in [0.15, 0.2) is 24.3 Å². The Kier molecular flexibility index (Phi) is 4.76. The summed E-state index contributed by atoms with van der Waals surface area (Å²) in [6, 6.07) is 7.99. The summed E-state index contributed by atoms with van der Waals surface area (Å²) in [5.74, 6) is 0.257. The van der Waals surface area contributed by atoms with Crippen molar-refractivity contribution < 1.29 is 4.79 Å². The first kappa shape index (κ1) is 14.6. The van der Waals surface area contributed by atoms with Crippen molar-refractivity contribution in [1.29, 1.82) is 0 Å². The Morgan fingerprint density at radius 2 is 2.11 bits per heavy atom. The van der Waals surface area contributed by atoms with Crippen molar-refractivity contribution >= 4 is 11.6 Å². The van der Waals surface area contributed by atoms with Gasteiger partial charge in [0, 0.05) is 5.69 Å². The Balaban J connectivity index is 2.82. The number of nitrogens with two attached hydrogens (primary N) is 1. The van der Waals surface area contributed by atoms with E-state index in [9.17, 15) is 4.79 Å². The molecular formula is C15H24N2O. The zero-order valence-corrected chi connectivity index (χ0v) is 11.8. The Bertz CT molecular complexity index is 415. The summed E-state index contributed by atoms with van der Waals surface area (Å²) in [4.78, 5) is 11.7. The van der Waals surface area contributed by atoms with Crippen LogP contribution >= 0.6 is 0 Å². The lowest BCUT2D eigenvalue weighted by atomic mass is 9.91. The summed E-state index contributed by atoms with van der Waals surface area (Å²) in [5.41, 5.74) is 6.97. The van der Waals surface area contributed by atoms with E-state index in [0.29, 0.717) is 5.92 Å². The van der Waals surface area contributed by atoms with Gasteiger partial charge in [-0.25, -0.2) is 0 Å². The molecule has 3 nitrogen and oxygen atoms in total. The van der Waals surface area contributed by atoms with E-state index < -0.39 is 5.54 Å². The molecule has 3 heteroatoms. The third-order valence-corrected chi connectivity index (χ3v) is 3.20. The molecule has 0 bridgehead atoms. The number of aryl methyl sites for hydroxylation is 1. The number of amides is 1. The van der Waals surface area contributed by atoms with Gasteiger partial charge in [0.2, 0.25) is 5.91 Å². The predicted octanol–water partition coefficient (Wildman–Crippen LogP) is 3.09. The average Bonchev–Trinajstić information content (AvgIpc) is 2.26. The fraction of sp³-hybridized carbons (Fsp3) is 0.533. The van der Waals surface area contributed by atoms with E-state index in [1.807, 2.05) is 38.1 Å². The minimum absolute atomic E-state index is 0.301. The number of anilines is 1. The van der Waals surface area contributed by atoms with Crippen LogP contribution in [0, 0.1) is 12.8 Å². The highest BCUT2D eigenvalue weighted by atomic mass is 16.1. The molecule has 0 aliphatic heterocycles. The van der Waals surface area contributed by atoms with E-state index in [2.05, 4.69) is 19.2 Å². The minimum atomic E-state index is -0.682. The molecule has 0 aliphatic rings. The second-order valence-corrected chi connectivity index (χ2v) is 5.62. The van der Waals surface area contributed by atoms with Gasteiger partial charge in [-0.3, -0.25) is 4.79 Å². The molecule has 1 atom stereocenters. The molecule has 18 heavy (non-hydrogen) atoms. The standard InChI is InChI=1S/C15H24N2O/c1-11(2)8-9-15(4,14(16)18)17-13-7-5-6-12(3)10-13/h5-7,10-11,17H,8-9H2,1-4H3,(H2,16,18). The van der Waals surface area contributed by atoms with Crippen molar-refractivity contribution in [1.82, 2.24) is 0 Å². The first-order chi connectivity index (χ1) is 8.33. The molecule has 1 rings (SSSR count). The quantitative estimate of drug-likeness (QED) is 0.812. The largest absolute Gasteiger partial charge is 0.371 e. The molecule has 0 aliphatic carbocycles. The van der Waals surface area contributed by atoms with Crippen LogP contribution in [0.2, 0.25) is 0 Å². The maximum Gasteiger partial charge on any atom is 0.242 e. The molecule has 3 N–H and O–H groups in total. The minimum Gasteiger partial charge on any atom is -0.371 e. The van der Waals surface area contributed by atoms with Crippen LogP contribution in [0.3, 0.4) is 0 Å². The Hall–Kier alpha value is -1.51. The molecule has 100 valence electrons. The zero-order valence-electron chi connectivity index (χ0n) is 11.8. The lowest BCUT2D eigenvalue weighted by Gasteiger charge is -2.29. The van der Waals surface area contributed by atoms with Crippen LogP contribution < -0.4 is 11.1 Å². The number of hydrogen-bond acceptors (Lipinski definition) is 2. The molecule has 0 saturated heterocycles. The van der Waals surface area contributed by atoms with Gasteiger partial charge in [0.05, 0.1) is 0 Å². The second kappa shape index (κ2) is 5.89. The molecular weight excluding hydrogens is 224 g/mol. The van der Waals surface area contributed by atoms with Crippen LogP contribution in [-0.4, -0.2) is 11.4 Å². The maximum absolute atomic E-state index is 11.7. The molecule has 0 heterocycles. The lowest BCUT2D eigenvalue weighted by molar-refractivity contribution is -0.122. The van der Waals surface area contributed by atoms with Gasteiger partial charge in [0.1, 0.15) is 5.54 Å². The molecule has 0 saturated carbocycles. The fourth-order valence-electron chi connectivity index (χ4n) is 1.87. The van der Waals surface area contributed by atoms with Crippen LogP contribution in [0.4, 0.5) is 5.69 Å². The van der Waals surface area contributed by atoms with Gasteiger partial charge in [-0.2, -0.15) is 0 Å². The lowest BCUT2D eigenvalue weighted by Crippen LogP contribution is -2.48. The van der Waals surface area contributed by atoms with E-state index in [1.165, 1.54) is 0 Å². The highest BCUT2D eigenvalue weighted by molar-refractivity contribution is 5.87. The van der Waals surface area contributed by atoms with Crippen LogP contribution in [-0.2, 0) is 4.79 Å². The van der Waals surface area contributed by atoms with Crippen molar-refractivity contribution in [3.05, 3.63) is 29.8 Å². The highest BCUT2D eigenvalue weighted by Crippen LogP contribution is 2.22. The summed E-state index contributed by atoms with van der Waals surface area (Å²) in [6.07, 6.45) is 1.71. The molecule has 1 amide bonds. The van der Waals surface area contributed by atoms with E-state index in [1.54, 1.807) is 0 Å². The number of carbonyl (C=O) groups excluding carboxylic acids is 1.